The van der Waals surface area contributed by atoms with E-state index in [-0.39, 0.29) is 11.8 Å². The second kappa shape index (κ2) is 8.70. The zero-order valence-corrected chi connectivity index (χ0v) is 18.6. The molecule has 7 nitrogen and oxygen atoms in total. The summed E-state index contributed by atoms with van der Waals surface area (Å²) in [5, 5.41) is 10.2. The van der Waals surface area contributed by atoms with Crippen molar-refractivity contribution in [1.29, 1.82) is 0 Å². The van der Waals surface area contributed by atoms with Crippen LogP contribution in [0, 0.1) is 20.8 Å². The van der Waals surface area contributed by atoms with E-state index in [1.54, 1.807) is 31.2 Å². The summed E-state index contributed by atoms with van der Waals surface area (Å²) in [6.07, 6.45) is 2.73. The van der Waals surface area contributed by atoms with Crippen molar-refractivity contribution in [3.63, 3.8) is 0 Å². The van der Waals surface area contributed by atoms with Crippen LogP contribution in [0.2, 0.25) is 0 Å². The van der Waals surface area contributed by atoms with E-state index in [1.165, 1.54) is 17.2 Å². The van der Waals surface area contributed by atoms with Crippen LogP contribution in [0.1, 0.15) is 35.0 Å². The summed E-state index contributed by atoms with van der Waals surface area (Å²) in [5.74, 6) is 0.0961. The van der Waals surface area contributed by atoms with Gasteiger partial charge in [-0.1, -0.05) is 29.8 Å². The molecule has 32 heavy (non-hydrogen) atoms. The lowest BCUT2D eigenvalue weighted by Gasteiger charge is -2.23. The molecule has 4 rings (SSSR count). The maximum absolute atomic E-state index is 12.5. The first kappa shape index (κ1) is 21.4. The first-order valence-electron chi connectivity index (χ1n) is 10.5. The third-order valence-corrected chi connectivity index (χ3v) is 5.47. The van der Waals surface area contributed by atoms with Crippen LogP contribution in [-0.2, 0) is 16.1 Å². The van der Waals surface area contributed by atoms with E-state index in [9.17, 15) is 9.59 Å². The number of carbonyl (C=O) groups is 2. The Morgan fingerprint density at radius 3 is 2.69 bits per heavy atom. The Hall–Kier alpha value is -3.87. The lowest BCUT2D eigenvalue weighted by atomic mass is 10.1. The highest BCUT2D eigenvalue weighted by atomic mass is 16.5. The Kier molecular flexibility index (Phi) is 5.81. The number of hydrogen-bond donors (Lipinski definition) is 2. The van der Waals surface area contributed by atoms with Crippen molar-refractivity contribution < 1.29 is 14.3 Å². The SMILES string of the molecule is Cc1ccc(Cn2nc(C)c(/C=C/C(=O)Nc3ccc4c(c3)NC(=O)[C@@H](C)O4)c2C)cc1. The Bertz CT molecular complexity index is 1210. The summed E-state index contributed by atoms with van der Waals surface area (Å²) < 4.78 is 7.49. The van der Waals surface area contributed by atoms with Crippen LogP contribution >= 0.6 is 0 Å². The maximum atomic E-state index is 12.5. The first-order chi connectivity index (χ1) is 15.3. The molecule has 0 bridgehead atoms. The number of rotatable bonds is 5. The van der Waals surface area contributed by atoms with Gasteiger partial charge >= 0.3 is 0 Å². The summed E-state index contributed by atoms with van der Waals surface area (Å²) in [5.41, 5.74) is 6.29. The molecule has 2 amide bonds. The summed E-state index contributed by atoms with van der Waals surface area (Å²) in [4.78, 5) is 24.3. The first-order valence-corrected chi connectivity index (χ1v) is 10.5. The van der Waals surface area contributed by atoms with Crippen LogP contribution in [0.25, 0.3) is 6.08 Å². The highest BCUT2D eigenvalue weighted by molar-refractivity contribution is 6.03. The normalized spacial score (nSPS) is 15.2. The molecule has 7 heteroatoms. The summed E-state index contributed by atoms with van der Waals surface area (Å²) in [7, 11) is 0. The lowest BCUT2D eigenvalue weighted by molar-refractivity contribution is -0.122. The largest absolute Gasteiger partial charge is 0.479 e. The molecule has 0 fully saturated rings. The number of fused-ring (bicyclic) bond motifs is 1. The van der Waals surface area contributed by atoms with Crippen LogP contribution in [0.4, 0.5) is 11.4 Å². The number of benzene rings is 2. The molecule has 1 aromatic heterocycles. The van der Waals surface area contributed by atoms with Gasteiger partial charge in [-0.15, -0.1) is 0 Å². The molecular weight excluding hydrogens is 404 g/mol. The zero-order valence-electron chi connectivity index (χ0n) is 18.6. The number of ether oxygens (including phenoxy) is 1. The van der Waals surface area contributed by atoms with Crippen molar-refractivity contribution in [2.45, 2.75) is 40.3 Å². The molecule has 0 saturated carbocycles. The van der Waals surface area contributed by atoms with Gasteiger partial charge in [0.15, 0.2) is 6.10 Å². The fourth-order valence-corrected chi connectivity index (χ4v) is 3.60. The molecule has 0 unspecified atom stereocenters. The van der Waals surface area contributed by atoms with Crippen LogP contribution in [0.3, 0.4) is 0 Å². The van der Waals surface area contributed by atoms with E-state index < -0.39 is 6.10 Å². The molecule has 1 aliphatic rings. The van der Waals surface area contributed by atoms with Crippen molar-refractivity contribution in [2.75, 3.05) is 10.6 Å². The van der Waals surface area contributed by atoms with Gasteiger partial charge in [-0.05, 0) is 57.5 Å². The summed E-state index contributed by atoms with van der Waals surface area (Å²) >= 11 is 0. The zero-order chi connectivity index (χ0) is 22.8. The average Bonchev–Trinajstić information content (AvgIpc) is 3.01. The molecular formula is C25H26N4O3. The van der Waals surface area contributed by atoms with Crippen molar-refractivity contribution in [1.82, 2.24) is 9.78 Å². The quantitative estimate of drug-likeness (QED) is 0.594. The number of carbonyl (C=O) groups excluding carboxylic acids is 2. The summed E-state index contributed by atoms with van der Waals surface area (Å²) in [6, 6.07) is 13.5. The molecule has 0 aliphatic carbocycles. The van der Waals surface area contributed by atoms with Crippen molar-refractivity contribution >= 4 is 29.3 Å². The van der Waals surface area contributed by atoms with Gasteiger partial charge in [0, 0.05) is 23.0 Å². The molecule has 2 N–H and O–H groups in total. The Balaban J connectivity index is 1.45. The Morgan fingerprint density at radius 1 is 1.19 bits per heavy atom. The van der Waals surface area contributed by atoms with E-state index in [0.717, 1.165) is 17.0 Å². The van der Waals surface area contributed by atoms with Gasteiger partial charge < -0.3 is 15.4 Å². The highest BCUT2D eigenvalue weighted by Crippen LogP contribution is 2.32. The van der Waals surface area contributed by atoms with Crippen LogP contribution in [-0.4, -0.2) is 27.7 Å². The van der Waals surface area contributed by atoms with Gasteiger partial charge in [0.1, 0.15) is 5.75 Å². The van der Waals surface area contributed by atoms with E-state index in [2.05, 4.69) is 46.9 Å². The van der Waals surface area contributed by atoms with E-state index >= 15 is 0 Å². The van der Waals surface area contributed by atoms with Crippen LogP contribution in [0.5, 0.6) is 5.75 Å². The second-order valence-corrected chi connectivity index (χ2v) is 8.01. The molecule has 3 aromatic rings. The van der Waals surface area contributed by atoms with Crippen molar-refractivity contribution in [3.05, 3.63) is 76.6 Å². The van der Waals surface area contributed by atoms with Gasteiger partial charge in [-0.2, -0.15) is 5.10 Å². The number of anilines is 2. The maximum Gasteiger partial charge on any atom is 0.265 e. The minimum absolute atomic E-state index is 0.213. The summed E-state index contributed by atoms with van der Waals surface area (Å²) in [6.45, 7) is 8.36. The number of amides is 2. The predicted molar refractivity (Wildman–Crippen MR) is 125 cm³/mol. The smallest absolute Gasteiger partial charge is 0.265 e. The fourth-order valence-electron chi connectivity index (χ4n) is 3.60. The molecule has 2 heterocycles. The monoisotopic (exact) mass is 430 g/mol. The molecule has 0 radical (unpaired) electrons. The van der Waals surface area contributed by atoms with E-state index in [4.69, 9.17) is 4.74 Å². The van der Waals surface area contributed by atoms with Gasteiger partial charge in [-0.25, -0.2) is 0 Å². The number of nitrogens with zero attached hydrogens (tertiary/aromatic N) is 2. The van der Waals surface area contributed by atoms with Crippen LogP contribution in [0.15, 0.2) is 48.5 Å². The predicted octanol–water partition coefficient (Wildman–Crippen LogP) is 4.23. The van der Waals surface area contributed by atoms with E-state index in [1.807, 2.05) is 18.5 Å². The van der Waals surface area contributed by atoms with Gasteiger partial charge in [0.2, 0.25) is 5.91 Å². The van der Waals surface area contributed by atoms with Gasteiger partial charge in [0.25, 0.3) is 5.91 Å². The number of aryl methyl sites for hydroxylation is 2. The average molecular weight is 431 g/mol. The van der Waals surface area contributed by atoms with Gasteiger partial charge in [-0.3, -0.25) is 14.3 Å². The third-order valence-electron chi connectivity index (χ3n) is 5.47. The number of hydrogen-bond acceptors (Lipinski definition) is 4. The third kappa shape index (κ3) is 4.56. The molecule has 0 saturated heterocycles. The van der Waals surface area contributed by atoms with Crippen LogP contribution < -0.4 is 15.4 Å². The van der Waals surface area contributed by atoms with Crippen molar-refractivity contribution in [2.24, 2.45) is 0 Å². The van der Waals surface area contributed by atoms with Gasteiger partial charge in [0.05, 0.1) is 17.9 Å². The Morgan fingerprint density at radius 2 is 1.94 bits per heavy atom. The minimum atomic E-state index is -0.538. The molecule has 164 valence electrons. The highest BCUT2D eigenvalue weighted by Gasteiger charge is 2.23. The molecule has 1 atom stereocenters. The standard InChI is InChI=1S/C25H26N4O3/c1-15-5-7-19(8-6-15)14-29-17(3)21(16(2)28-29)10-12-24(30)26-20-9-11-23-22(13-20)27-25(31)18(4)32-23/h5-13,18H,14H2,1-4H3,(H,26,30)(H,27,31)/b12-10+/t18-/m1/s1. The molecule has 1 aliphatic heterocycles. The number of aromatic nitrogens is 2. The fraction of sp³-hybridized carbons (Fsp3) is 0.240. The van der Waals surface area contributed by atoms with Crippen molar-refractivity contribution in [3.8, 4) is 5.75 Å². The molecule has 2 aromatic carbocycles. The lowest BCUT2D eigenvalue weighted by Crippen LogP contribution is -2.34. The topological polar surface area (TPSA) is 85.3 Å². The second-order valence-electron chi connectivity index (χ2n) is 8.01. The Labute approximate surface area is 187 Å². The van der Waals surface area contributed by atoms with E-state index in [0.29, 0.717) is 23.7 Å². The number of nitrogens with one attached hydrogen (secondary N) is 2. The molecule has 0 spiro atoms. The minimum Gasteiger partial charge on any atom is -0.479 e.